The van der Waals surface area contributed by atoms with Gasteiger partial charge in [-0.15, -0.1) is 0 Å². The van der Waals surface area contributed by atoms with Gasteiger partial charge in [0.05, 0.1) is 17.8 Å². The third kappa shape index (κ3) is 3.45. The van der Waals surface area contributed by atoms with Crippen molar-refractivity contribution in [1.29, 1.82) is 0 Å². The van der Waals surface area contributed by atoms with E-state index in [1.807, 2.05) is 25.1 Å². The Morgan fingerprint density at radius 1 is 1.40 bits per heavy atom. The molecule has 108 valence electrons. The SMILES string of the molecule is CCCCn1cc(C)nc1Nc1ccc(Cl)c(OC)c1. The van der Waals surface area contributed by atoms with Gasteiger partial charge in [-0.05, 0) is 25.5 Å². The van der Waals surface area contributed by atoms with Gasteiger partial charge in [0.25, 0.3) is 0 Å². The van der Waals surface area contributed by atoms with Crippen molar-refractivity contribution in [3.05, 3.63) is 35.1 Å². The van der Waals surface area contributed by atoms with Crippen LogP contribution in [0.3, 0.4) is 0 Å². The van der Waals surface area contributed by atoms with Crippen LogP contribution in [0, 0.1) is 6.92 Å². The summed E-state index contributed by atoms with van der Waals surface area (Å²) in [4.78, 5) is 4.51. The van der Waals surface area contributed by atoms with Crippen LogP contribution in [0.15, 0.2) is 24.4 Å². The highest BCUT2D eigenvalue weighted by molar-refractivity contribution is 6.32. The molecular formula is C15H20ClN3O. The number of hydrogen-bond donors (Lipinski definition) is 1. The number of aromatic nitrogens is 2. The number of halogens is 1. The highest BCUT2D eigenvalue weighted by Gasteiger charge is 2.07. The van der Waals surface area contributed by atoms with Crippen molar-refractivity contribution in [2.45, 2.75) is 33.2 Å². The lowest BCUT2D eigenvalue weighted by Crippen LogP contribution is -2.03. The molecule has 5 heteroatoms. The zero-order chi connectivity index (χ0) is 14.5. The van der Waals surface area contributed by atoms with Crippen LogP contribution in [-0.2, 0) is 6.54 Å². The van der Waals surface area contributed by atoms with Crippen LogP contribution in [0.1, 0.15) is 25.5 Å². The number of methoxy groups -OCH3 is 1. The third-order valence-electron chi connectivity index (χ3n) is 3.06. The molecule has 0 saturated carbocycles. The first kappa shape index (κ1) is 14.7. The maximum Gasteiger partial charge on any atom is 0.207 e. The number of aryl methyl sites for hydroxylation is 2. The van der Waals surface area contributed by atoms with Gasteiger partial charge >= 0.3 is 0 Å². The van der Waals surface area contributed by atoms with E-state index in [1.165, 1.54) is 0 Å². The normalized spacial score (nSPS) is 10.6. The van der Waals surface area contributed by atoms with Gasteiger partial charge in [-0.3, -0.25) is 0 Å². The van der Waals surface area contributed by atoms with Crippen molar-refractivity contribution in [2.75, 3.05) is 12.4 Å². The van der Waals surface area contributed by atoms with Gasteiger partial charge in [-0.1, -0.05) is 24.9 Å². The summed E-state index contributed by atoms with van der Waals surface area (Å²) in [5.41, 5.74) is 1.92. The number of anilines is 2. The molecule has 0 amide bonds. The lowest BCUT2D eigenvalue weighted by atomic mass is 10.3. The fourth-order valence-corrected chi connectivity index (χ4v) is 2.21. The molecule has 0 fully saturated rings. The molecule has 0 radical (unpaired) electrons. The molecule has 0 aliphatic rings. The van der Waals surface area contributed by atoms with Crippen LogP contribution in [0.4, 0.5) is 11.6 Å². The summed E-state index contributed by atoms with van der Waals surface area (Å²) in [5.74, 6) is 1.50. The van der Waals surface area contributed by atoms with Crippen LogP contribution in [0.5, 0.6) is 5.75 Å². The zero-order valence-electron chi connectivity index (χ0n) is 12.1. The Kier molecular flexibility index (Phi) is 4.90. The molecule has 1 aromatic carbocycles. The first-order valence-electron chi connectivity index (χ1n) is 6.78. The highest BCUT2D eigenvalue weighted by atomic mass is 35.5. The van der Waals surface area contributed by atoms with Gasteiger partial charge < -0.3 is 14.6 Å². The highest BCUT2D eigenvalue weighted by Crippen LogP contribution is 2.28. The molecule has 0 atom stereocenters. The zero-order valence-corrected chi connectivity index (χ0v) is 12.9. The molecule has 0 aliphatic heterocycles. The largest absolute Gasteiger partial charge is 0.495 e. The Balaban J connectivity index is 2.20. The molecular weight excluding hydrogens is 274 g/mol. The lowest BCUT2D eigenvalue weighted by molar-refractivity contribution is 0.415. The van der Waals surface area contributed by atoms with Gasteiger partial charge in [0.2, 0.25) is 5.95 Å². The number of hydrogen-bond acceptors (Lipinski definition) is 3. The summed E-state index contributed by atoms with van der Waals surface area (Å²) in [6.07, 6.45) is 4.35. The van der Waals surface area contributed by atoms with Crippen LogP contribution < -0.4 is 10.1 Å². The maximum absolute atomic E-state index is 6.03. The number of nitrogens with zero attached hydrogens (tertiary/aromatic N) is 2. The van der Waals surface area contributed by atoms with E-state index in [9.17, 15) is 0 Å². The summed E-state index contributed by atoms with van der Waals surface area (Å²) < 4.78 is 7.36. The van der Waals surface area contributed by atoms with Crippen molar-refractivity contribution in [3.63, 3.8) is 0 Å². The molecule has 2 rings (SSSR count). The molecule has 0 bridgehead atoms. The molecule has 0 spiro atoms. The number of unbranched alkanes of at least 4 members (excludes halogenated alkanes) is 1. The van der Waals surface area contributed by atoms with Crippen molar-refractivity contribution in [3.8, 4) is 5.75 Å². The van der Waals surface area contributed by atoms with E-state index in [0.717, 1.165) is 36.7 Å². The predicted octanol–water partition coefficient (Wildman–Crippen LogP) is 4.40. The Morgan fingerprint density at radius 3 is 2.90 bits per heavy atom. The quantitative estimate of drug-likeness (QED) is 0.858. The van der Waals surface area contributed by atoms with Crippen molar-refractivity contribution >= 4 is 23.2 Å². The van der Waals surface area contributed by atoms with Gasteiger partial charge in [-0.25, -0.2) is 4.98 Å². The van der Waals surface area contributed by atoms with Gasteiger partial charge in [0.1, 0.15) is 5.75 Å². The fourth-order valence-electron chi connectivity index (χ4n) is 2.01. The van der Waals surface area contributed by atoms with Crippen molar-refractivity contribution < 1.29 is 4.74 Å². The lowest BCUT2D eigenvalue weighted by Gasteiger charge is -2.11. The number of imidazole rings is 1. The van der Waals surface area contributed by atoms with E-state index >= 15 is 0 Å². The molecule has 0 aliphatic carbocycles. The smallest absolute Gasteiger partial charge is 0.207 e. The second-order valence-corrected chi connectivity index (χ2v) is 5.13. The summed E-state index contributed by atoms with van der Waals surface area (Å²) >= 11 is 6.03. The summed E-state index contributed by atoms with van der Waals surface area (Å²) in [6, 6.07) is 5.60. The average molecular weight is 294 g/mol. The second kappa shape index (κ2) is 6.66. The number of ether oxygens (including phenoxy) is 1. The van der Waals surface area contributed by atoms with Crippen LogP contribution in [0.2, 0.25) is 5.02 Å². The molecule has 4 nitrogen and oxygen atoms in total. The Morgan fingerprint density at radius 2 is 2.20 bits per heavy atom. The standard InChI is InChI=1S/C15H20ClN3O/c1-4-5-8-19-10-11(2)17-15(19)18-12-6-7-13(16)14(9-12)20-3/h6-7,9-10H,4-5,8H2,1-3H3,(H,17,18). The summed E-state index contributed by atoms with van der Waals surface area (Å²) in [7, 11) is 1.61. The monoisotopic (exact) mass is 293 g/mol. The van der Waals surface area contributed by atoms with E-state index in [-0.39, 0.29) is 0 Å². The summed E-state index contributed by atoms with van der Waals surface area (Å²) in [6.45, 7) is 5.14. The number of rotatable bonds is 6. The van der Waals surface area contributed by atoms with E-state index in [1.54, 1.807) is 7.11 Å². The van der Waals surface area contributed by atoms with Crippen LogP contribution >= 0.6 is 11.6 Å². The average Bonchev–Trinajstić information content (AvgIpc) is 2.78. The minimum Gasteiger partial charge on any atom is -0.495 e. The van der Waals surface area contributed by atoms with E-state index in [2.05, 4.69) is 28.0 Å². The minimum atomic E-state index is 0.601. The molecule has 0 unspecified atom stereocenters. The van der Waals surface area contributed by atoms with Crippen LogP contribution in [0.25, 0.3) is 0 Å². The minimum absolute atomic E-state index is 0.601. The molecule has 2 aromatic rings. The Hall–Kier alpha value is -1.68. The molecule has 1 heterocycles. The maximum atomic E-state index is 6.03. The van der Waals surface area contributed by atoms with Crippen molar-refractivity contribution in [2.24, 2.45) is 0 Å². The number of benzene rings is 1. The van der Waals surface area contributed by atoms with Gasteiger partial charge in [0, 0.05) is 24.5 Å². The van der Waals surface area contributed by atoms with Gasteiger partial charge in [0.15, 0.2) is 0 Å². The summed E-state index contributed by atoms with van der Waals surface area (Å²) in [5, 5.41) is 3.92. The third-order valence-corrected chi connectivity index (χ3v) is 3.37. The Bertz CT molecular complexity index is 580. The van der Waals surface area contributed by atoms with Crippen LogP contribution in [-0.4, -0.2) is 16.7 Å². The van der Waals surface area contributed by atoms with E-state index in [0.29, 0.717) is 10.8 Å². The van der Waals surface area contributed by atoms with E-state index in [4.69, 9.17) is 16.3 Å². The molecule has 1 N–H and O–H groups in total. The number of nitrogens with one attached hydrogen (secondary N) is 1. The molecule has 1 aromatic heterocycles. The van der Waals surface area contributed by atoms with Crippen molar-refractivity contribution in [1.82, 2.24) is 9.55 Å². The van der Waals surface area contributed by atoms with E-state index < -0.39 is 0 Å². The second-order valence-electron chi connectivity index (χ2n) is 4.73. The molecule has 0 saturated heterocycles. The first-order valence-corrected chi connectivity index (χ1v) is 7.16. The van der Waals surface area contributed by atoms with Gasteiger partial charge in [-0.2, -0.15) is 0 Å². The predicted molar refractivity (Wildman–Crippen MR) is 83.2 cm³/mol. The molecule has 20 heavy (non-hydrogen) atoms. The first-order chi connectivity index (χ1) is 9.63. The topological polar surface area (TPSA) is 39.1 Å². The fraction of sp³-hybridized carbons (Fsp3) is 0.400. The Labute approximate surface area is 124 Å².